The molecule has 1 aromatic rings. The Balaban J connectivity index is 0.00000289. The summed E-state index contributed by atoms with van der Waals surface area (Å²) in [6.07, 6.45) is 10.3. The van der Waals surface area contributed by atoms with Gasteiger partial charge in [-0.15, -0.1) is 0 Å². The molecule has 0 spiro atoms. The van der Waals surface area contributed by atoms with E-state index in [0.29, 0.717) is 0 Å². The second kappa shape index (κ2) is 8.52. The van der Waals surface area contributed by atoms with Crippen molar-refractivity contribution in [3.05, 3.63) is 65.8 Å². The molecule has 0 saturated carbocycles. The highest BCUT2D eigenvalue weighted by Crippen LogP contribution is 2.24. The smallest absolute Gasteiger partial charge is 0.0149 e. The topological polar surface area (TPSA) is 0 Å². The summed E-state index contributed by atoms with van der Waals surface area (Å²) in [5.74, 6) is 0. The number of allylic oxidation sites excluding steroid dienone is 5. The average molecular weight is 242 g/mol. The highest BCUT2D eigenvalue weighted by atomic mass is 14.1. The molecule has 0 aliphatic heterocycles. The zero-order valence-corrected chi connectivity index (χ0v) is 11.2. The monoisotopic (exact) mass is 242 g/mol. The normalized spacial score (nSPS) is 11.4. The summed E-state index contributed by atoms with van der Waals surface area (Å²) in [6.45, 7) is 10.3. The van der Waals surface area contributed by atoms with Gasteiger partial charge in [-0.25, -0.2) is 0 Å². The fourth-order valence-electron chi connectivity index (χ4n) is 2.20. The lowest BCUT2D eigenvalue weighted by Crippen LogP contribution is -1.97. The van der Waals surface area contributed by atoms with Crippen molar-refractivity contribution in [3.63, 3.8) is 0 Å². The van der Waals surface area contributed by atoms with Gasteiger partial charge in [-0.05, 0) is 42.0 Å². The summed E-state index contributed by atoms with van der Waals surface area (Å²) in [6, 6.07) is 6.57. The molecule has 0 aliphatic rings. The van der Waals surface area contributed by atoms with Gasteiger partial charge >= 0.3 is 0 Å². The molecule has 0 amide bonds. The van der Waals surface area contributed by atoms with Gasteiger partial charge in [0.25, 0.3) is 0 Å². The third-order valence-electron chi connectivity index (χ3n) is 2.96. The molecule has 0 unspecified atom stereocenters. The van der Waals surface area contributed by atoms with E-state index in [1.165, 1.54) is 22.3 Å². The molecular weight excluding hydrogens is 216 g/mol. The number of hydrogen-bond acceptors (Lipinski definition) is 0. The third-order valence-corrected chi connectivity index (χ3v) is 2.96. The van der Waals surface area contributed by atoms with E-state index in [9.17, 15) is 0 Å². The van der Waals surface area contributed by atoms with E-state index in [1.807, 2.05) is 13.0 Å². The van der Waals surface area contributed by atoms with Gasteiger partial charge < -0.3 is 0 Å². The molecule has 0 aliphatic carbocycles. The van der Waals surface area contributed by atoms with Crippen molar-refractivity contribution in [2.24, 2.45) is 0 Å². The van der Waals surface area contributed by atoms with Crippen LogP contribution in [0, 0.1) is 0 Å². The van der Waals surface area contributed by atoms with E-state index in [1.54, 1.807) is 0 Å². The van der Waals surface area contributed by atoms with Crippen LogP contribution in [0.4, 0.5) is 0 Å². The number of hydrogen-bond donors (Lipinski definition) is 0. The van der Waals surface area contributed by atoms with E-state index in [2.05, 4.69) is 56.9 Å². The van der Waals surface area contributed by atoms with Crippen LogP contribution in [0.15, 0.2) is 49.1 Å². The van der Waals surface area contributed by atoms with Crippen molar-refractivity contribution < 1.29 is 0 Å². The quantitative estimate of drug-likeness (QED) is 0.590. The Bertz CT molecular complexity index is 433. The summed E-state index contributed by atoms with van der Waals surface area (Å²) in [5.41, 5.74) is 5.49. The van der Waals surface area contributed by atoms with E-state index >= 15 is 0 Å². The predicted molar refractivity (Wildman–Crippen MR) is 84.9 cm³/mol. The minimum atomic E-state index is 0. The van der Waals surface area contributed by atoms with Crippen LogP contribution in [0.2, 0.25) is 0 Å². The summed E-state index contributed by atoms with van der Waals surface area (Å²) in [7, 11) is 0. The zero-order valence-electron chi connectivity index (χ0n) is 11.2. The Morgan fingerprint density at radius 1 is 1.22 bits per heavy atom. The fourth-order valence-corrected chi connectivity index (χ4v) is 2.20. The first-order valence-corrected chi connectivity index (χ1v) is 6.34. The molecule has 0 atom stereocenters. The minimum Gasteiger partial charge on any atom is -0.0990 e. The zero-order chi connectivity index (χ0) is 12.7. The van der Waals surface area contributed by atoms with Crippen LogP contribution in [-0.4, -0.2) is 0 Å². The van der Waals surface area contributed by atoms with Crippen LogP contribution in [0.5, 0.6) is 0 Å². The number of benzene rings is 1. The lowest BCUT2D eigenvalue weighted by molar-refractivity contribution is 1.03. The molecule has 0 fully saturated rings. The van der Waals surface area contributed by atoms with Crippen LogP contribution in [-0.2, 0) is 12.8 Å². The van der Waals surface area contributed by atoms with E-state index in [-0.39, 0.29) is 7.43 Å². The molecular formula is C18H26. The molecule has 0 N–H and O–H groups in total. The SMILES string of the molecule is C.C=C/C=C(\C=C/C)c1cccc(CC)c1CC. The molecule has 18 heavy (non-hydrogen) atoms. The Hall–Kier alpha value is -1.56. The highest BCUT2D eigenvalue weighted by Gasteiger charge is 2.07. The van der Waals surface area contributed by atoms with Crippen molar-refractivity contribution in [1.82, 2.24) is 0 Å². The van der Waals surface area contributed by atoms with E-state index in [0.717, 1.165) is 12.8 Å². The van der Waals surface area contributed by atoms with Gasteiger partial charge in [-0.3, -0.25) is 0 Å². The number of aryl methyl sites for hydroxylation is 1. The summed E-state index contributed by atoms with van der Waals surface area (Å²) in [4.78, 5) is 0. The Morgan fingerprint density at radius 3 is 2.44 bits per heavy atom. The Morgan fingerprint density at radius 2 is 1.94 bits per heavy atom. The fraction of sp³-hybridized carbons (Fsp3) is 0.333. The Kier molecular flexibility index (Phi) is 7.78. The molecule has 0 nitrogen and oxygen atoms in total. The minimum absolute atomic E-state index is 0. The highest BCUT2D eigenvalue weighted by molar-refractivity contribution is 5.77. The van der Waals surface area contributed by atoms with Gasteiger partial charge in [-0.1, -0.05) is 70.4 Å². The van der Waals surface area contributed by atoms with Crippen molar-refractivity contribution in [3.8, 4) is 0 Å². The van der Waals surface area contributed by atoms with Crippen LogP contribution < -0.4 is 0 Å². The van der Waals surface area contributed by atoms with Gasteiger partial charge in [0.2, 0.25) is 0 Å². The summed E-state index contributed by atoms with van der Waals surface area (Å²) < 4.78 is 0. The maximum absolute atomic E-state index is 3.80. The predicted octanol–water partition coefficient (Wildman–Crippen LogP) is 5.59. The molecule has 0 saturated heterocycles. The van der Waals surface area contributed by atoms with Crippen molar-refractivity contribution in [1.29, 1.82) is 0 Å². The van der Waals surface area contributed by atoms with Crippen molar-refractivity contribution in [2.75, 3.05) is 0 Å². The van der Waals surface area contributed by atoms with Crippen LogP contribution in [0.3, 0.4) is 0 Å². The van der Waals surface area contributed by atoms with Crippen molar-refractivity contribution >= 4 is 5.57 Å². The van der Waals surface area contributed by atoms with Gasteiger partial charge in [0, 0.05) is 0 Å². The van der Waals surface area contributed by atoms with Gasteiger partial charge in [-0.2, -0.15) is 0 Å². The molecule has 1 aromatic carbocycles. The largest absolute Gasteiger partial charge is 0.0990 e. The third kappa shape index (κ3) is 3.73. The maximum atomic E-state index is 3.80. The number of rotatable bonds is 5. The van der Waals surface area contributed by atoms with Crippen LogP contribution in [0.1, 0.15) is 44.9 Å². The first-order valence-electron chi connectivity index (χ1n) is 6.34. The van der Waals surface area contributed by atoms with Gasteiger partial charge in [0.15, 0.2) is 0 Å². The van der Waals surface area contributed by atoms with Crippen LogP contribution >= 0.6 is 0 Å². The molecule has 0 heteroatoms. The first-order chi connectivity index (χ1) is 8.28. The van der Waals surface area contributed by atoms with Gasteiger partial charge in [0.1, 0.15) is 0 Å². The molecule has 0 radical (unpaired) electrons. The molecule has 0 aromatic heterocycles. The second-order valence-electron chi connectivity index (χ2n) is 4.01. The van der Waals surface area contributed by atoms with Crippen molar-refractivity contribution in [2.45, 2.75) is 41.0 Å². The van der Waals surface area contributed by atoms with Crippen LogP contribution in [0.25, 0.3) is 5.57 Å². The lowest BCUT2D eigenvalue weighted by atomic mass is 9.92. The summed E-state index contributed by atoms with van der Waals surface area (Å²) in [5, 5.41) is 0. The lowest BCUT2D eigenvalue weighted by Gasteiger charge is -2.13. The Labute approximate surface area is 113 Å². The molecule has 1 rings (SSSR count). The van der Waals surface area contributed by atoms with E-state index < -0.39 is 0 Å². The standard InChI is InChI=1S/C17H22.CH4/c1-5-10-15(11-6-2)17-13-9-12-14(7-3)16(17)8-4;/h5-6,9-13H,1,7-8H2,2-4H3;1H4/b11-6-,15-10+;. The maximum Gasteiger partial charge on any atom is -0.0149 e. The second-order valence-corrected chi connectivity index (χ2v) is 4.01. The molecule has 0 heterocycles. The first kappa shape index (κ1) is 16.4. The summed E-state index contributed by atoms with van der Waals surface area (Å²) >= 11 is 0. The van der Waals surface area contributed by atoms with E-state index in [4.69, 9.17) is 0 Å². The van der Waals surface area contributed by atoms with Gasteiger partial charge in [0.05, 0.1) is 0 Å². The molecule has 98 valence electrons. The molecule has 0 bridgehead atoms. The average Bonchev–Trinajstić information content (AvgIpc) is 2.37.